The van der Waals surface area contributed by atoms with E-state index in [9.17, 15) is 0 Å². The van der Waals surface area contributed by atoms with Crippen LogP contribution in [0.3, 0.4) is 0 Å². The Balaban J connectivity index is 1.52. The smallest absolute Gasteiger partial charge is 0.159 e. The van der Waals surface area contributed by atoms with Gasteiger partial charge < -0.3 is 9.55 Å². The van der Waals surface area contributed by atoms with Crippen LogP contribution in [0.5, 0.6) is 0 Å². The van der Waals surface area contributed by atoms with Crippen molar-refractivity contribution < 1.29 is 0 Å². The number of aryl methyl sites for hydroxylation is 1. The van der Waals surface area contributed by atoms with Crippen molar-refractivity contribution in [2.45, 2.75) is 6.92 Å². The summed E-state index contributed by atoms with van der Waals surface area (Å²) < 4.78 is 2.08. The van der Waals surface area contributed by atoms with E-state index < -0.39 is 0 Å². The summed E-state index contributed by atoms with van der Waals surface area (Å²) in [5, 5.41) is 8.65. The molecule has 6 aromatic rings. The van der Waals surface area contributed by atoms with E-state index in [2.05, 4.69) is 46.8 Å². The van der Waals surface area contributed by atoms with Gasteiger partial charge in [-0.1, -0.05) is 12.1 Å². The summed E-state index contributed by atoms with van der Waals surface area (Å²) in [7, 11) is 2.02. The first-order valence-electron chi connectivity index (χ1n) is 9.92. The van der Waals surface area contributed by atoms with E-state index in [0.29, 0.717) is 5.82 Å². The lowest BCUT2D eigenvalue weighted by molar-refractivity contribution is 0.865. The summed E-state index contributed by atoms with van der Waals surface area (Å²) in [6, 6.07) is 13.9. The minimum absolute atomic E-state index is 0.685. The van der Waals surface area contributed by atoms with Gasteiger partial charge in [0.1, 0.15) is 22.7 Å². The van der Waals surface area contributed by atoms with Crippen LogP contribution in [0, 0.1) is 6.92 Å². The van der Waals surface area contributed by atoms with Gasteiger partial charge in [0, 0.05) is 30.4 Å². The molecule has 8 nitrogen and oxygen atoms in total. The zero-order chi connectivity index (χ0) is 20.9. The van der Waals surface area contributed by atoms with Crippen molar-refractivity contribution in [2.24, 2.45) is 7.05 Å². The van der Waals surface area contributed by atoms with Crippen molar-refractivity contribution in [3.05, 3.63) is 66.9 Å². The second-order valence-corrected chi connectivity index (χ2v) is 7.44. The number of nitrogens with zero attached hydrogens (tertiary/aromatic N) is 6. The first kappa shape index (κ1) is 17.5. The molecule has 0 bridgehead atoms. The maximum absolute atomic E-state index is 4.85. The van der Waals surface area contributed by atoms with Gasteiger partial charge >= 0.3 is 0 Å². The minimum Gasteiger partial charge on any atom is -0.336 e. The SMILES string of the molecule is Cc1ncc(-c2ccc3[nH]nc(-c4nc5c(-c6ccccn6)nccc5[nH]4)c3c2)n1C. The number of imidazole rings is 2. The molecule has 0 aliphatic heterocycles. The Bertz CT molecular complexity index is 1560. The van der Waals surface area contributed by atoms with Gasteiger partial charge in [0.15, 0.2) is 5.82 Å². The number of nitrogens with one attached hydrogen (secondary N) is 2. The summed E-state index contributed by atoms with van der Waals surface area (Å²) in [6.07, 6.45) is 5.41. The molecule has 31 heavy (non-hydrogen) atoms. The van der Waals surface area contributed by atoms with E-state index >= 15 is 0 Å². The molecule has 150 valence electrons. The summed E-state index contributed by atoms with van der Waals surface area (Å²) in [5.41, 5.74) is 7.02. The topological polar surface area (TPSA) is 101 Å². The van der Waals surface area contributed by atoms with Gasteiger partial charge in [-0.2, -0.15) is 5.10 Å². The first-order chi connectivity index (χ1) is 15.2. The highest BCUT2D eigenvalue weighted by atomic mass is 15.1. The molecule has 0 saturated carbocycles. The molecule has 0 radical (unpaired) electrons. The number of hydrogen-bond donors (Lipinski definition) is 2. The molecule has 1 aromatic carbocycles. The number of pyridine rings is 2. The standard InChI is InChI=1S/C23H18N8/c1-13-26-12-19(31(13)2)14-6-7-16-15(11-14)20(30-29-16)23-27-18-8-10-25-21(22(18)28-23)17-5-3-4-9-24-17/h3-12H,1-2H3,(H,27,28)(H,29,30). The molecular weight excluding hydrogens is 388 g/mol. The Kier molecular flexibility index (Phi) is 3.73. The molecule has 0 saturated heterocycles. The van der Waals surface area contributed by atoms with Crippen LogP contribution in [0.2, 0.25) is 0 Å². The summed E-state index contributed by atoms with van der Waals surface area (Å²) in [4.78, 5) is 21.6. The highest BCUT2D eigenvalue weighted by Gasteiger charge is 2.17. The second kappa shape index (κ2) is 6.60. The van der Waals surface area contributed by atoms with Crippen molar-refractivity contribution in [2.75, 3.05) is 0 Å². The van der Waals surface area contributed by atoms with Crippen LogP contribution < -0.4 is 0 Å². The maximum atomic E-state index is 4.85. The van der Waals surface area contributed by atoms with Crippen molar-refractivity contribution in [3.8, 4) is 34.2 Å². The molecular formula is C23H18N8. The summed E-state index contributed by atoms with van der Waals surface area (Å²) >= 11 is 0. The molecule has 2 N–H and O–H groups in total. The van der Waals surface area contributed by atoms with E-state index in [-0.39, 0.29) is 0 Å². The van der Waals surface area contributed by atoms with Gasteiger partial charge in [0.25, 0.3) is 0 Å². The number of benzene rings is 1. The van der Waals surface area contributed by atoms with Crippen molar-refractivity contribution in [1.82, 2.24) is 39.7 Å². The number of hydrogen-bond acceptors (Lipinski definition) is 5. The van der Waals surface area contributed by atoms with Gasteiger partial charge in [-0.05, 0) is 37.3 Å². The third-order valence-electron chi connectivity index (χ3n) is 5.61. The average Bonchev–Trinajstić information content (AvgIpc) is 3.50. The molecule has 5 aromatic heterocycles. The molecule has 0 spiro atoms. The Morgan fingerprint density at radius 3 is 2.65 bits per heavy atom. The van der Waals surface area contributed by atoms with Crippen LogP contribution >= 0.6 is 0 Å². The van der Waals surface area contributed by atoms with E-state index in [1.54, 1.807) is 12.4 Å². The molecule has 0 amide bonds. The quantitative estimate of drug-likeness (QED) is 0.457. The van der Waals surface area contributed by atoms with Crippen LogP contribution in [0.15, 0.2) is 61.1 Å². The lowest BCUT2D eigenvalue weighted by Gasteiger charge is -2.04. The van der Waals surface area contributed by atoms with Gasteiger partial charge in [0.2, 0.25) is 0 Å². The monoisotopic (exact) mass is 406 g/mol. The van der Waals surface area contributed by atoms with Gasteiger partial charge in [0.05, 0.1) is 28.6 Å². The fourth-order valence-corrected chi connectivity index (χ4v) is 3.86. The number of rotatable bonds is 3. The third-order valence-corrected chi connectivity index (χ3v) is 5.61. The minimum atomic E-state index is 0.685. The molecule has 0 atom stereocenters. The summed E-state index contributed by atoms with van der Waals surface area (Å²) in [5.74, 6) is 1.65. The molecule has 6 rings (SSSR count). The Morgan fingerprint density at radius 1 is 0.903 bits per heavy atom. The zero-order valence-corrected chi connectivity index (χ0v) is 17.0. The van der Waals surface area contributed by atoms with E-state index in [0.717, 1.165) is 56.1 Å². The average molecular weight is 406 g/mol. The van der Waals surface area contributed by atoms with Gasteiger partial charge in [-0.15, -0.1) is 0 Å². The molecule has 0 unspecified atom stereocenters. The second-order valence-electron chi connectivity index (χ2n) is 7.44. The Morgan fingerprint density at radius 2 is 1.84 bits per heavy atom. The van der Waals surface area contributed by atoms with Crippen LogP contribution in [0.25, 0.3) is 56.1 Å². The third kappa shape index (κ3) is 2.72. The predicted molar refractivity (Wildman–Crippen MR) is 119 cm³/mol. The maximum Gasteiger partial charge on any atom is 0.159 e. The fraction of sp³-hybridized carbons (Fsp3) is 0.0870. The highest BCUT2D eigenvalue weighted by molar-refractivity contribution is 5.97. The number of H-pyrrole nitrogens is 2. The Hall–Kier alpha value is -4.33. The predicted octanol–water partition coefficient (Wildman–Crippen LogP) is 4.27. The van der Waals surface area contributed by atoms with E-state index in [4.69, 9.17) is 4.98 Å². The molecule has 0 aliphatic rings. The van der Waals surface area contributed by atoms with Crippen LogP contribution in [0.4, 0.5) is 0 Å². The van der Waals surface area contributed by atoms with Crippen LogP contribution in [0.1, 0.15) is 5.82 Å². The van der Waals surface area contributed by atoms with Crippen molar-refractivity contribution in [1.29, 1.82) is 0 Å². The zero-order valence-electron chi connectivity index (χ0n) is 17.0. The van der Waals surface area contributed by atoms with Crippen LogP contribution in [-0.2, 0) is 7.05 Å². The lowest BCUT2D eigenvalue weighted by Crippen LogP contribution is -1.94. The van der Waals surface area contributed by atoms with E-state index in [1.165, 1.54) is 0 Å². The van der Waals surface area contributed by atoms with Crippen LogP contribution in [-0.4, -0.2) is 39.7 Å². The first-order valence-corrected chi connectivity index (χ1v) is 9.92. The summed E-state index contributed by atoms with van der Waals surface area (Å²) in [6.45, 7) is 1.99. The van der Waals surface area contributed by atoms with E-state index in [1.807, 2.05) is 50.5 Å². The van der Waals surface area contributed by atoms with Crippen molar-refractivity contribution >= 4 is 21.9 Å². The molecule has 0 fully saturated rings. The van der Waals surface area contributed by atoms with Gasteiger partial charge in [-0.3, -0.25) is 15.1 Å². The fourth-order valence-electron chi connectivity index (χ4n) is 3.86. The number of aromatic nitrogens is 8. The molecule has 0 aliphatic carbocycles. The Labute approximate surface area is 177 Å². The largest absolute Gasteiger partial charge is 0.336 e. The number of aromatic amines is 2. The molecule has 5 heterocycles. The lowest BCUT2D eigenvalue weighted by atomic mass is 10.1. The number of fused-ring (bicyclic) bond motifs is 2. The van der Waals surface area contributed by atoms with Crippen molar-refractivity contribution in [3.63, 3.8) is 0 Å². The highest BCUT2D eigenvalue weighted by Crippen LogP contribution is 2.32. The normalized spacial score (nSPS) is 11.5. The molecule has 8 heteroatoms. The van der Waals surface area contributed by atoms with Gasteiger partial charge in [-0.25, -0.2) is 9.97 Å².